The highest BCUT2D eigenvalue weighted by Crippen LogP contribution is 2.19. The third-order valence-electron chi connectivity index (χ3n) is 3.81. The predicted octanol–water partition coefficient (Wildman–Crippen LogP) is 1.58. The molecule has 20 heavy (non-hydrogen) atoms. The van der Waals surface area contributed by atoms with E-state index in [9.17, 15) is 4.79 Å². The fourth-order valence-electron chi connectivity index (χ4n) is 2.79. The topological polar surface area (TPSA) is 50.4 Å². The third kappa shape index (κ3) is 2.51. The van der Waals surface area contributed by atoms with Crippen molar-refractivity contribution in [1.82, 2.24) is 14.8 Å². The molecular formula is C15H21N3O2. The first kappa shape index (κ1) is 13.4. The molecule has 0 aliphatic carbocycles. The third-order valence-corrected chi connectivity index (χ3v) is 3.81. The lowest BCUT2D eigenvalue weighted by Gasteiger charge is -2.27. The monoisotopic (exact) mass is 275 g/mol. The largest absolute Gasteiger partial charge is 0.420 e. The van der Waals surface area contributed by atoms with Crippen molar-refractivity contribution in [3.05, 3.63) is 34.3 Å². The Morgan fingerprint density at radius 3 is 2.75 bits per heavy atom. The van der Waals surface area contributed by atoms with Crippen LogP contribution < -0.4 is 11.1 Å². The van der Waals surface area contributed by atoms with Crippen LogP contribution in [0, 0.1) is 0 Å². The zero-order valence-corrected chi connectivity index (χ0v) is 12.1. The van der Waals surface area contributed by atoms with Crippen LogP contribution >= 0.6 is 0 Å². The number of nitrogens with zero attached hydrogens (tertiary/aromatic N) is 2. The van der Waals surface area contributed by atoms with E-state index in [-0.39, 0.29) is 11.8 Å². The molecule has 5 heteroatoms. The normalized spacial score (nSPS) is 17.1. The summed E-state index contributed by atoms with van der Waals surface area (Å²) in [4.78, 5) is 14.3. The highest BCUT2D eigenvalue weighted by atomic mass is 16.4. The van der Waals surface area contributed by atoms with Crippen molar-refractivity contribution < 1.29 is 4.42 Å². The van der Waals surface area contributed by atoms with E-state index in [1.165, 1.54) is 5.56 Å². The van der Waals surface area contributed by atoms with Crippen molar-refractivity contribution in [3.8, 4) is 0 Å². The van der Waals surface area contributed by atoms with Crippen molar-refractivity contribution >= 4 is 11.1 Å². The van der Waals surface area contributed by atoms with Gasteiger partial charge in [-0.15, -0.1) is 0 Å². The van der Waals surface area contributed by atoms with Crippen molar-refractivity contribution in [1.29, 1.82) is 0 Å². The zero-order valence-electron chi connectivity index (χ0n) is 12.1. The van der Waals surface area contributed by atoms with Crippen LogP contribution in [0.5, 0.6) is 0 Å². The van der Waals surface area contributed by atoms with Crippen molar-refractivity contribution in [2.45, 2.75) is 26.4 Å². The van der Waals surface area contributed by atoms with E-state index in [1.54, 1.807) is 4.57 Å². The first-order valence-electron chi connectivity index (χ1n) is 7.22. The summed E-state index contributed by atoms with van der Waals surface area (Å²) in [7, 11) is 0. The molecular weight excluding hydrogens is 254 g/mol. The van der Waals surface area contributed by atoms with Crippen LogP contribution in [-0.2, 0) is 6.54 Å². The smallest absolute Gasteiger partial charge is 0.408 e. The van der Waals surface area contributed by atoms with Crippen molar-refractivity contribution in [2.75, 3.05) is 26.2 Å². The molecule has 1 aromatic carbocycles. The Hall–Kier alpha value is -1.59. The molecule has 1 saturated heterocycles. The fraction of sp³-hybridized carbons (Fsp3) is 0.533. The first-order chi connectivity index (χ1) is 9.65. The number of rotatable bonds is 3. The Morgan fingerprint density at radius 1 is 1.30 bits per heavy atom. The molecule has 1 fully saturated rings. The number of piperazine rings is 1. The molecule has 1 aliphatic rings. The van der Waals surface area contributed by atoms with Crippen LogP contribution in [0.15, 0.2) is 27.4 Å². The molecule has 2 heterocycles. The molecule has 1 aromatic heterocycles. The number of fused-ring (bicyclic) bond motifs is 1. The number of hydrogen-bond acceptors (Lipinski definition) is 4. The summed E-state index contributed by atoms with van der Waals surface area (Å²) in [5, 5.41) is 3.36. The predicted molar refractivity (Wildman–Crippen MR) is 79.0 cm³/mol. The highest BCUT2D eigenvalue weighted by Gasteiger charge is 2.14. The van der Waals surface area contributed by atoms with Gasteiger partial charge in [0.1, 0.15) is 0 Å². The molecule has 1 aliphatic heterocycles. The number of hydrogen-bond donors (Lipinski definition) is 1. The Balaban J connectivity index is 1.92. The van der Waals surface area contributed by atoms with Crippen molar-refractivity contribution in [3.63, 3.8) is 0 Å². The molecule has 3 rings (SSSR count). The summed E-state index contributed by atoms with van der Waals surface area (Å²) >= 11 is 0. The average molecular weight is 275 g/mol. The molecule has 2 aromatic rings. The van der Waals surface area contributed by atoms with Gasteiger partial charge < -0.3 is 9.73 Å². The highest BCUT2D eigenvalue weighted by molar-refractivity contribution is 5.74. The van der Waals surface area contributed by atoms with E-state index in [1.807, 2.05) is 19.9 Å². The molecule has 0 atom stereocenters. The number of oxazole rings is 1. The molecule has 0 spiro atoms. The van der Waals surface area contributed by atoms with Gasteiger partial charge in [0, 0.05) is 38.8 Å². The second kappa shape index (κ2) is 5.42. The Kier molecular flexibility index (Phi) is 3.63. The van der Waals surface area contributed by atoms with E-state index >= 15 is 0 Å². The molecule has 0 bridgehead atoms. The quantitative estimate of drug-likeness (QED) is 0.924. The molecule has 0 unspecified atom stereocenters. The van der Waals surface area contributed by atoms with E-state index in [4.69, 9.17) is 4.42 Å². The summed E-state index contributed by atoms with van der Waals surface area (Å²) in [5.41, 5.74) is 2.81. The molecule has 0 radical (unpaired) electrons. The second-order valence-corrected chi connectivity index (χ2v) is 5.66. The fourth-order valence-corrected chi connectivity index (χ4v) is 2.79. The minimum Gasteiger partial charge on any atom is -0.408 e. The lowest BCUT2D eigenvalue weighted by atomic mass is 10.1. The minimum atomic E-state index is -0.269. The maximum atomic E-state index is 11.9. The van der Waals surface area contributed by atoms with Gasteiger partial charge in [-0.1, -0.05) is 6.07 Å². The minimum absolute atomic E-state index is 0.109. The van der Waals surface area contributed by atoms with Crippen molar-refractivity contribution in [2.24, 2.45) is 0 Å². The van der Waals surface area contributed by atoms with E-state index in [0.717, 1.165) is 38.2 Å². The van der Waals surface area contributed by atoms with Gasteiger partial charge in [0.2, 0.25) is 0 Å². The van der Waals surface area contributed by atoms with Gasteiger partial charge >= 0.3 is 5.76 Å². The molecule has 0 amide bonds. The van der Waals surface area contributed by atoms with Gasteiger partial charge in [-0.3, -0.25) is 9.47 Å². The summed E-state index contributed by atoms with van der Waals surface area (Å²) in [6, 6.07) is 6.16. The standard InChI is InChI=1S/C15H21N3O2/c1-11(2)18-13-9-12(3-4-14(13)20-15(18)19)10-17-7-5-16-6-8-17/h3-4,9,11,16H,5-8,10H2,1-2H3. The number of nitrogens with one attached hydrogen (secondary N) is 1. The van der Waals surface area contributed by atoms with Crippen LogP contribution in [0.2, 0.25) is 0 Å². The summed E-state index contributed by atoms with van der Waals surface area (Å²) in [6.45, 7) is 9.16. The molecule has 5 nitrogen and oxygen atoms in total. The van der Waals surface area contributed by atoms with Gasteiger partial charge in [0.05, 0.1) is 5.52 Å². The maximum absolute atomic E-state index is 11.9. The molecule has 108 valence electrons. The van der Waals surface area contributed by atoms with E-state index in [0.29, 0.717) is 5.58 Å². The maximum Gasteiger partial charge on any atom is 0.420 e. The zero-order chi connectivity index (χ0) is 14.1. The van der Waals surface area contributed by atoms with Crippen LogP contribution in [0.1, 0.15) is 25.5 Å². The summed E-state index contributed by atoms with van der Waals surface area (Å²) in [6.07, 6.45) is 0. The number of benzene rings is 1. The van der Waals surface area contributed by atoms with Gasteiger partial charge in [-0.2, -0.15) is 0 Å². The lowest BCUT2D eigenvalue weighted by molar-refractivity contribution is 0.233. The first-order valence-corrected chi connectivity index (χ1v) is 7.22. The summed E-state index contributed by atoms with van der Waals surface area (Å²) in [5.74, 6) is -0.269. The van der Waals surface area contributed by atoms with Crippen LogP contribution in [0.25, 0.3) is 11.1 Å². The number of aromatic nitrogens is 1. The molecule has 1 N–H and O–H groups in total. The lowest BCUT2D eigenvalue weighted by Crippen LogP contribution is -2.42. The van der Waals surface area contributed by atoms with Gasteiger partial charge in [-0.25, -0.2) is 4.79 Å². The average Bonchev–Trinajstić information content (AvgIpc) is 2.75. The van der Waals surface area contributed by atoms with Gasteiger partial charge in [-0.05, 0) is 31.5 Å². The SMILES string of the molecule is CC(C)n1c(=O)oc2ccc(CN3CCNCC3)cc21. The van der Waals surface area contributed by atoms with E-state index < -0.39 is 0 Å². The van der Waals surface area contributed by atoms with Crippen LogP contribution in [-0.4, -0.2) is 35.6 Å². The second-order valence-electron chi connectivity index (χ2n) is 5.66. The van der Waals surface area contributed by atoms with Gasteiger partial charge in [0.15, 0.2) is 5.58 Å². The Labute approximate surface area is 118 Å². The van der Waals surface area contributed by atoms with E-state index in [2.05, 4.69) is 22.3 Å². The Bertz CT molecular complexity index is 651. The molecule has 0 saturated carbocycles. The van der Waals surface area contributed by atoms with Gasteiger partial charge in [0.25, 0.3) is 0 Å². The van der Waals surface area contributed by atoms with Crippen LogP contribution in [0.3, 0.4) is 0 Å². The Morgan fingerprint density at radius 2 is 2.05 bits per heavy atom. The van der Waals surface area contributed by atoms with Crippen LogP contribution in [0.4, 0.5) is 0 Å². The summed E-state index contributed by atoms with van der Waals surface area (Å²) < 4.78 is 7.01.